The number of carbonyl (C=O) groups is 1. The van der Waals surface area contributed by atoms with Crippen LogP contribution >= 0.6 is 11.6 Å². The van der Waals surface area contributed by atoms with Gasteiger partial charge < -0.3 is 15.2 Å². The number of halogens is 1. The number of carbonyl (C=O) groups excluding carboxylic acids is 1. The fraction of sp³-hybridized carbons (Fsp3) is 0.500. The minimum Gasteiger partial charge on any atom is -0.395 e. The number of ether oxygens (including phenoxy) is 1. The molecule has 1 aliphatic rings. The van der Waals surface area contributed by atoms with E-state index in [-0.39, 0.29) is 25.1 Å². The number of anilines is 1. The highest BCUT2D eigenvalue weighted by atomic mass is 35.5. The molecule has 1 atom stereocenters. The number of aliphatic hydroxyl groups is 1. The highest BCUT2D eigenvalue weighted by Crippen LogP contribution is 2.20. The zero-order chi connectivity index (χ0) is 14.5. The van der Waals surface area contributed by atoms with Gasteiger partial charge in [0.2, 0.25) is 5.91 Å². The average Bonchev–Trinajstić information content (AvgIpc) is 2.43. The number of aliphatic hydroxyl groups excluding tert-OH is 1. The van der Waals surface area contributed by atoms with Crippen LogP contribution in [0.3, 0.4) is 0 Å². The molecular weight excluding hydrogens is 280 g/mol. The van der Waals surface area contributed by atoms with Gasteiger partial charge in [-0.25, -0.2) is 0 Å². The number of hydrogen-bond acceptors (Lipinski definition) is 4. The molecule has 1 aromatic rings. The van der Waals surface area contributed by atoms with E-state index in [4.69, 9.17) is 16.3 Å². The van der Waals surface area contributed by atoms with E-state index in [1.165, 1.54) is 0 Å². The molecule has 2 rings (SSSR count). The molecule has 0 aromatic heterocycles. The maximum absolute atomic E-state index is 12.1. The lowest BCUT2D eigenvalue weighted by atomic mass is 10.2. The summed E-state index contributed by atoms with van der Waals surface area (Å²) in [6.45, 7) is 3.83. The van der Waals surface area contributed by atoms with Crippen molar-refractivity contribution in [3.63, 3.8) is 0 Å². The largest absolute Gasteiger partial charge is 0.395 e. The Morgan fingerprint density at radius 3 is 3.15 bits per heavy atom. The van der Waals surface area contributed by atoms with E-state index in [1.807, 2.05) is 17.9 Å². The Balaban J connectivity index is 1.96. The predicted molar refractivity (Wildman–Crippen MR) is 78.1 cm³/mol. The normalized spacial score (nSPS) is 19.9. The summed E-state index contributed by atoms with van der Waals surface area (Å²) in [6.07, 6.45) is 0. The zero-order valence-corrected chi connectivity index (χ0v) is 12.2. The van der Waals surface area contributed by atoms with Crippen LogP contribution in [0.5, 0.6) is 0 Å². The topological polar surface area (TPSA) is 61.8 Å². The van der Waals surface area contributed by atoms with Crippen LogP contribution in [0, 0.1) is 6.92 Å². The Morgan fingerprint density at radius 2 is 2.40 bits per heavy atom. The lowest BCUT2D eigenvalue weighted by Crippen LogP contribution is -2.50. The third kappa shape index (κ3) is 3.93. The maximum Gasteiger partial charge on any atom is 0.238 e. The molecule has 0 radical (unpaired) electrons. The van der Waals surface area contributed by atoms with Crippen LogP contribution in [0.15, 0.2) is 18.2 Å². The van der Waals surface area contributed by atoms with Crippen molar-refractivity contribution in [3.05, 3.63) is 28.8 Å². The van der Waals surface area contributed by atoms with E-state index < -0.39 is 0 Å². The summed E-state index contributed by atoms with van der Waals surface area (Å²) in [7, 11) is 0. The van der Waals surface area contributed by atoms with Gasteiger partial charge in [0.1, 0.15) is 0 Å². The monoisotopic (exact) mass is 298 g/mol. The fourth-order valence-electron chi connectivity index (χ4n) is 2.17. The van der Waals surface area contributed by atoms with E-state index in [9.17, 15) is 9.90 Å². The van der Waals surface area contributed by atoms with E-state index in [2.05, 4.69) is 5.32 Å². The van der Waals surface area contributed by atoms with E-state index in [1.54, 1.807) is 12.1 Å². The van der Waals surface area contributed by atoms with Crippen molar-refractivity contribution < 1.29 is 14.6 Å². The standard InChI is InChI=1S/C14H19ClN2O3/c1-10-2-3-11(15)6-13(10)16-14(19)7-17-4-5-20-9-12(17)8-18/h2-3,6,12,18H,4-5,7-9H2,1H3,(H,16,19). The Bertz CT molecular complexity index is 481. The van der Waals surface area contributed by atoms with Crippen LogP contribution in [0.25, 0.3) is 0 Å². The molecule has 1 aromatic carbocycles. The number of aryl methyl sites for hydroxylation is 1. The van der Waals surface area contributed by atoms with E-state index in [0.29, 0.717) is 24.8 Å². The number of nitrogens with one attached hydrogen (secondary N) is 1. The predicted octanol–water partition coefficient (Wildman–Crippen LogP) is 1.28. The van der Waals surface area contributed by atoms with Gasteiger partial charge in [-0.2, -0.15) is 0 Å². The molecule has 0 bridgehead atoms. The Kier molecular flexibility index (Phi) is 5.37. The molecule has 1 fully saturated rings. The molecule has 2 N–H and O–H groups in total. The number of benzene rings is 1. The number of hydrogen-bond donors (Lipinski definition) is 2. The average molecular weight is 299 g/mol. The minimum atomic E-state index is -0.116. The van der Waals surface area contributed by atoms with Crippen LogP contribution in [0.2, 0.25) is 5.02 Å². The van der Waals surface area contributed by atoms with Crippen molar-refractivity contribution in [2.45, 2.75) is 13.0 Å². The van der Waals surface area contributed by atoms with Crippen molar-refractivity contribution in [2.75, 3.05) is 38.2 Å². The third-order valence-electron chi connectivity index (χ3n) is 3.38. The Hall–Kier alpha value is -1.14. The molecule has 20 heavy (non-hydrogen) atoms. The van der Waals surface area contributed by atoms with Gasteiger partial charge in [0.05, 0.1) is 32.4 Å². The van der Waals surface area contributed by atoms with Crippen molar-refractivity contribution in [2.24, 2.45) is 0 Å². The molecule has 0 aliphatic carbocycles. The molecule has 1 saturated heterocycles. The first-order valence-electron chi connectivity index (χ1n) is 6.59. The summed E-state index contributed by atoms with van der Waals surface area (Å²) in [5, 5.41) is 12.7. The van der Waals surface area contributed by atoms with Crippen molar-refractivity contribution in [3.8, 4) is 0 Å². The second-order valence-electron chi connectivity index (χ2n) is 4.89. The lowest BCUT2D eigenvalue weighted by Gasteiger charge is -2.33. The van der Waals surface area contributed by atoms with Crippen LogP contribution in [0.1, 0.15) is 5.56 Å². The Labute approximate surface area is 123 Å². The molecule has 1 amide bonds. The lowest BCUT2D eigenvalue weighted by molar-refractivity contribution is -0.120. The second kappa shape index (κ2) is 7.04. The number of nitrogens with zero attached hydrogens (tertiary/aromatic N) is 1. The van der Waals surface area contributed by atoms with Crippen LogP contribution in [-0.4, -0.2) is 54.9 Å². The minimum absolute atomic E-state index is 0.0104. The van der Waals surface area contributed by atoms with Crippen LogP contribution < -0.4 is 5.32 Å². The number of morpholine rings is 1. The van der Waals surface area contributed by atoms with Crippen LogP contribution in [-0.2, 0) is 9.53 Å². The number of amides is 1. The summed E-state index contributed by atoms with van der Waals surface area (Å²) in [5.74, 6) is -0.115. The molecule has 0 saturated carbocycles. The highest BCUT2D eigenvalue weighted by Gasteiger charge is 2.24. The molecule has 0 spiro atoms. The highest BCUT2D eigenvalue weighted by molar-refractivity contribution is 6.31. The van der Waals surface area contributed by atoms with Gasteiger partial charge in [0.15, 0.2) is 0 Å². The number of rotatable bonds is 4. The molecule has 1 unspecified atom stereocenters. The van der Waals surface area contributed by atoms with Gasteiger partial charge in [-0.15, -0.1) is 0 Å². The third-order valence-corrected chi connectivity index (χ3v) is 3.62. The summed E-state index contributed by atoms with van der Waals surface area (Å²) >= 11 is 5.93. The van der Waals surface area contributed by atoms with Gasteiger partial charge >= 0.3 is 0 Å². The van der Waals surface area contributed by atoms with Gasteiger partial charge in [0, 0.05) is 17.3 Å². The van der Waals surface area contributed by atoms with Crippen molar-refractivity contribution in [1.82, 2.24) is 4.90 Å². The van der Waals surface area contributed by atoms with Gasteiger partial charge in [-0.05, 0) is 24.6 Å². The quantitative estimate of drug-likeness (QED) is 0.879. The first-order chi connectivity index (χ1) is 9.60. The van der Waals surface area contributed by atoms with Gasteiger partial charge in [-0.1, -0.05) is 17.7 Å². The smallest absolute Gasteiger partial charge is 0.238 e. The van der Waals surface area contributed by atoms with Crippen molar-refractivity contribution >= 4 is 23.2 Å². The van der Waals surface area contributed by atoms with Gasteiger partial charge in [0.25, 0.3) is 0 Å². The molecule has 1 heterocycles. The first-order valence-corrected chi connectivity index (χ1v) is 6.96. The Morgan fingerprint density at radius 1 is 1.60 bits per heavy atom. The SMILES string of the molecule is Cc1ccc(Cl)cc1NC(=O)CN1CCOCC1CO. The van der Waals surface area contributed by atoms with Crippen molar-refractivity contribution in [1.29, 1.82) is 0 Å². The zero-order valence-electron chi connectivity index (χ0n) is 11.4. The molecule has 6 heteroatoms. The van der Waals surface area contributed by atoms with E-state index >= 15 is 0 Å². The molecular formula is C14H19ClN2O3. The molecule has 110 valence electrons. The summed E-state index contributed by atoms with van der Waals surface area (Å²) in [5.41, 5.74) is 1.68. The van der Waals surface area contributed by atoms with Crippen LogP contribution in [0.4, 0.5) is 5.69 Å². The summed E-state index contributed by atoms with van der Waals surface area (Å²) < 4.78 is 5.29. The summed E-state index contributed by atoms with van der Waals surface area (Å²) in [4.78, 5) is 14.0. The fourth-order valence-corrected chi connectivity index (χ4v) is 2.34. The first kappa shape index (κ1) is 15.3. The van der Waals surface area contributed by atoms with Gasteiger partial charge in [-0.3, -0.25) is 9.69 Å². The summed E-state index contributed by atoms with van der Waals surface area (Å²) in [6, 6.07) is 5.27. The maximum atomic E-state index is 12.1. The molecule has 1 aliphatic heterocycles. The second-order valence-corrected chi connectivity index (χ2v) is 5.33. The molecule has 5 nitrogen and oxygen atoms in total. The van der Waals surface area contributed by atoms with E-state index in [0.717, 1.165) is 11.3 Å².